The van der Waals surface area contributed by atoms with E-state index in [2.05, 4.69) is 34.2 Å². The summed E-state index contributed by atoms with van der Waals surface area (Å²) in [6.45, 7) is 5.15. The quantitative estimate of drug-likeness (QED) is 0.670. The smallest absolute Gasteiger partial charge is 0.156 e. The Morgan fingerprint density at radius 1 is 1.14 bits per heavy atom. The van der Waals surface area contributed by atoms with E-state index in [1.165, 1.54) is 5.56 Å². The fourth-order valence-electron chi connectivity index (χ4n) is 2.02. The average Bonchev–Trinajstić information content (AvgIpc) is 2.42. The van der Waals surface area contributed by atoms with E-state index in [9.17, 15) is 0 Å². The van der Waals surface area contributed by atoms with Crippen molar-refractivity contribution in [3.63, 3.8) is 0 Å². The van der Waals surface area contributed by atoms with Crippen molar-refractivity contribution >= 4 is 44.8 Å². The Bertz CT molecular complexity index is 623. The molecule has 0 spiro atoms. The van der Waals surface area contributed by atoms with Crippen LogP contribution in [0.2, 0.25) is 10.0 Å². The van der Waals surface area contributed by atoms with Crippen molar-refractivity contribution in [3.8, 4) is 5.75 Å². The van der Waals surface area contributed by atoms with Gasteiger partial charge in [0.1, 0.15) is 0 Å². The zero-order valence-electron chi connectivity index (χ0n) is 11.8. The third-order valence-corrected chi connectivity index (χ3v) is 4.07. The van der Waals surface area contributed by atoms with Gasteiger partial charge in [-0.3, -0.25) is 0 Å². The van der Waals surface area contributed by atoms with Crippen LogP contribution in [-0.2, 0) is 6.54 Å². The number of halogens is 3. The summed E-state index contributed by atoms with van der Waals surface area (Å²) >= 11 is 15.9. The van der Waals surface area contributed by atoms with Crippen LogP contribution in [0.3, 0.4) is 0 Å². The highest BCUT2D eigenvalue weighted by Crippen LogP contribution is 2.34. The minimum atomic E-state index is 0.536. The second-order valence-electron chi connectivity index (χ2n) is 4.63. The molecule has 112 valence electrons. The van der Waals surface area contributed by atoms with Crippen LogP contribution in [0.15, 0.2) is 34.8 Å². The molecule has 2 rings (SSSR count). The van der Waals surface area contributed by atoms with E-state index in [4.69, 9.17) is 27.9 Å². The van der Waals surface area contributed by atoms with E-state index in [1.807, 2.05) is 31.2 Å². The van der Waals surface area contributed by atoms with Crippen LogP contribution in [0.5, 0.6) is 5.75 Å². The number of hydrogen-bond acceptors (Lipinski definition) is 2. The largest absolute Gasteiger partial charge is 0.491 e. The molecule has 0 radical (unpaired) electrons. The van der Waals surface area contributed by atoms with E-state index >= 15 is 0 Å². The lowest BCUT2D eigenvalue weighted by Crippen LogP contribution is -2.02. The van der Waals surface area contributed by atoms with E-state index in [1.54, 1.807) is 0 Å². The van der Waals surface area contributed by atoms with Gasteiger partial charge in [0.2, 0.25) is 0 Å². The van der Waals surface area contributed by atoms with Crippen LogP contribution < -0.4 is 10.1 Å². The fourth-order valence-corrected chi connectivity index (χ4v) is 3.14. The number of nitrogens with one attached hydrogen (secondary N) is 1. The molecule has 2 aromatic carbocycles. The predicted molar refractivity (Wildman–Crippen MR) is 93.8 cm³/mol. The van der Waals surface area contributed by atoms with Crippen molar-refractivity contribution in [1.82, 2.24) is 0 Å². The monoisotopic (exact) mass is 387 g/mol. The SMILES string of the molecule is CCOc1c(Cl)cc(CNc2ccc(Br)cc2C)cc1Cl. The number of ether oxygens (including phenoxy) is 1. The number of hydrogen-bond donors (Lipinski definition) is 1. The molecule has 0 heterocycles. The summed E-state index contributed by atoms with van der Waals surface area (Å²) in [5.74, 6) is 0.546. The van der Waals surface area contributed by atoms with Gasteiger partial charge in [0, 0.05) is 16.7 Å². The number of anilines is 1. The maximum Gasteiger partial charge on any atom is 0.156 e. The van der Waals surface area contributed by atoms with Crippen molar-refractivity contribution < 1.29 is 4.74 Å². The minimum absolute atomic E-state index is 0.536. The van der Waals surface area contributed by atoms with Crippen molar-refractivity contribution in [2.24, 2.45) is 0 Å². The highest BCUT2D eigenvalue weighted by molar-refractivity contribution is 9.10. The molecule has 5 heteroatoms. The lowest BCUT2D eigenvalue weighted by Gasteiger charge is -2.13. The molecule has 1 N–H and O–H groups in total. The van der Waals surface area contributed by atoms with Crippen molar-refractivity contribution in [2.45, 2.75) is 20.4 Å². The molecule has 0 aliphatic heterocycles. The highest BCUT2D eigenvalue weighted by atomic mass is 79.9. The van der Waals surface area contributed by atoms with E-state index in [-0.39, 0.29) is 0 Å². The summed E-state index contributed by atoms with van der Waals surface area (Å²) in [6, 6.07) is 9.87. The fraction of sp³-hybridized carbons (Fsp3) is 0.250. The lowest BCUT2D eigenvalue weighted by molar-refractivity contribution is 0.340. The van der Waals surface area contributed by atoms with Crippen molar-refractivity contribution in [3.05, 3.63) is 56.0 Å². The van der Waals surface area contributed by atoms with Gasteiger partial charge in [0.25, 0.3) is 0 Å². The van der Waals surface area contributed by atoms with Crippen molar-refractivity contribution in [2.75, 3.05) is 11.9 Å². The standard InChI is InChI=1S/C16H16BrCl2NO/c1-3-21-16-13(18)7-11(8-14(16)19)9-20-15-5-4-12(17)6-10(15)2/h4-8,20H,3,9H2,1-2H3. The Hall–Kier alpha value is -0.900. The van der Waals surface area contributed by atoms with Gasteiger partial charge in [0.15, 0.2) is 5.75 Å². The molecule has 0 atom stereocenters. The normalized spacial score (nSPS) is 10.5. The summed E-state index contributed by atoms with van der Waals surface area (Å²) < 4.78 is 6.50. The molecule has 2 nitrogen and oxygen atoms in total. The summed E-state index contributed by atoms with van der Waals surface area (Å²) in [4.78, 5) is 0. The van der Waals surface area contributed by atoms with Crippen LogP contribution in [0.25, 0.3) is 0 Å². The summed E-state index contributed by atoms with van der Waals surface area (Å²) in [7, 11) is 0. The Morgan fingerprint density at radius 2 is 1.81 bits per heavy atom. The van der Waals surface area contributed by atoms with E-state index in [0.717, 1.165) is 15.7 Å². The number of benzene rings is 2. The first kappa shape index (κ1) is 16.5. The van der Waals surface area contributed by atoms with Gasteiger partial charge < -0.3 is 10.1 Å². The topological polar surface area (TPSA) is 21.3 Å². The zero-order chi connectivity index (χ0) is 15.4. The van der Waals surface area contributed by atoms with Gasteiger partial charge in [-0.25, -0.2) is 0 Å². The Balaban J connectivity index is 2.13. The first-order chi connectivity index (χ1) is 10.0. The lowest BCUT2D eigenvalue weighted by atomic mass is 10.1. The second-order valence-corrected chi connectivity index (χ2v) is 6.36. The van der Waals surface area contributed by atoms with Crippen molar-refractivity contribution in [1.29, 1.82) is 0 Å². The molecule has 0 fully saturated rings. The van der Waals surface area contributed by atoms with Crippen LogP contribution >= 0.6 is 39.1 Å². The average molecular weight is 389 g/mol. The first-order valence-electron chi connectivity index (χ1n) is 6.62. The minimum Gasteiger partial charge on any atom is -0.491 e. The molecule has 21 heavy (non-hydrogen) atoms. The molecule has 0 aliphatic carbocycles. The molecule has 0 saturated heterocycles. The van der Waals surface area contributed by atoms with Crippen LogP contribution in [0.4, 0.5) is 5.69 Å². The molecular formula is C16H16BrCl2NO. The Kier molecular flexibility index (Phi) is 5.80. The van der Waals surface area contributed by atoms with Gasteiger partial charge in [-0.1, -0.05) is 39.1 Å². The Labute approximate surface area is 143 Å². The van der Waals surface area contributed by atoms with E-state index < -0.39 is 0 Å². The maximum absolute atomic E-state index is 6.20. The third kappa shape index (κ3) is 4.29. The Morgan fingerprint density at radius 3 is 2.38 bits per heavy atom. The van der Waals surface area contributed by atoms with Gasteiger partial charge in [-0.2, -0.15) is 0 Å². The van der Waals surface area contributed by atoms with Gasteiger partial charge in [0.05, 0.1) is 16.7 Å². The summed E-state index contributed by atoms with van der Waals surface area (Å²) in [5.41, 5.74) is 3.27. The molecule has 0 aromatic heterocycles. The maximum atomic E-state index is 6.20. The van der Waals surface area contributed by atoms with Gasteiger partial charge in [-0.15, -0.1) is 0 Å². The molecule has 0 aliphatic rings. The van der Waals surface area contributed by atoms with E-state index in [0.29, 0.717) is 28.9 Å². The molecule has 0 bridgehead atoms. The summed E-state index contributed by atoms with van der Waals surface area (Å²) in [5, 5.41) is 4.46. The van der Waals surface area contributed by atoms with Gasteiger partial charge >= 0.3 is 0 Å². The van der Waals surface area contributed by atoms with Crippen LogP contribution in [0, 0.1) is 6.92 Å². The zero-order valence-corrected chi connectivity index (χ0v) is 14.9. The first-order valence-corrected chi connectivity index (χ1v) is 8.17. The highest BCUT2D eigenvalue weighted by Gasteiger charge is 2.09. The molecular weight excluding hydrogens is 373 g/mol. The van der Waals surface area contributed by atoms with Crippen LogP contribution in [-0.4, -0.2) is 6.61 Å². The molecule has 2 aromatic rings. The molecule has 0 saturated carbocycles. The van der Waals surface area contributed by atoms with Crippen LogP contribution in [0.1, 0.15) is 18.1 Å². The number of aryl methyl sites for hydroxylation is 1. The molecule has 0 unspecified atom stereocenters. The van der Waals surface area contributed by atoms with Gasteiger partial charge in [-0.05, 0) is 55.3 Å². The molecule has 0 amide bonds. The predicted octanol–water partition coefficient (Wildman–Crippen LogP) is 6.08. The summed E-state index contributed by atoms with van der Waals surface area (Å²) in [6.07, 6.45) is 0. The second kappa shape index (κ2) is 7.39. The third-order valence-electron chi connectivity index (χ3n) is 3.02. The number of rotatable bonds is 5.